The Morgan fingerprint density at radius 1 is 1.27 bits per heavy atom. The standard InChI is InChI=1S/C13H22N2O10S/c14-4(3-26)11(22)15-8-10(21)9(20)6(2-16)24-13(8)25-12(23)5(17)1-7(18)19/h4-6,8-10,13,16-17,20-21,26H,1-3,14H2,(H,15,22)(H,18,19)/t4-,5?,6+,8+,9+,10+,13?/m0/s1. The molecule has 0 aromatic carbocycles. The van der Waals surface area contributed by atoms with Gasteiger partial charge in [-0.2, -0.15) is 12.6 Å². The average molecular weight is 398 g/mol. The number of thiol groups is 1. The summed E-state index contributed by atoms with van der Waals surface area (Å²) in [4.78, 5) is 34.2. The molecule has 150 valence electrons. The fourth-order valence-corrected chi connectivity index (χ4v) is 2.30. The summed E-state index contributed by atoms with van der Waals surface area (Å²) in [6.07, 6.45) is -9.39. The molecule has 1 heterocycles. The number of esters is 1. The lowest BCUT2D eigenvalue weighted by Crippen LogP contribution is -2.66. The third kappa shape index (κ3) is 5.77. The Morgan fingerprint density at radius 3 is 2.38 bits per heavy atom. The summed E-state index contributed by atoms with van der Waals surface area (Å²) in [6, 6.07) is -2.57. The average Bonchev–Trinajstić information content (AvgIpc) is 2.59. The van der Waals surface area contributed by atoms with Gasteiger partial charge in [-0.25, -0.2) is 4.79 Å². The number of rotatable bonds is 8. The van der Waals surface area contributed by atoms with Gasteiger partial charge in [-0.05, 0) is 0 Å². The summed E-state index contributed by atoms with van der Waals surface area (Å²) in [5.74, 6) is -3.70. The molecule has 2 unspecified atom stereocenters. The number of hydrogen-bond donors (Lipinski definition) is 8. The highest BCUT2D eigenvalue weighted by atomic mass is 32.1. The molecule has 13 heteroatoms. The molecule has 1 fully saturated rings. The predicted octanol–water partition coefficient (Wildman–Crippen LogP) is -4.45. The molecule has 7 atom stereocenters. The normalized spacial score (nSPS) is 30.9. The number of nitrogens with one attached hydrogen (secondary N) is 1. The molecule has 0 aliphatic carbocycles. The van der Waals surface area contributed by atoms with E-state index in [9.17, 15) is 34.8 Å². The summed E-state index contributed by atoms with van der Waals surface area (Å²) in [5, 5.41) is 49.5. The number of aliphatic carboxylic acids is 1. The lowest BCUT2D eigenvalue weighted by atomic mass is 9.96. The minimum Gasteiger partial charge on any atom is -0.481 e. The number of amides is 1. The van der Waals surface area contributed by atoms with Crippen LogP contribution in [0.2, 0.25) is 0 Å². The number of carboxylic acid groups (broad SMARTS) is 1. The lowest BCUT2D eigenvalue weighted by Gasteiger charge is -2.42. The molecule has 0 radical (unpaired) electrons. The molecule has 0 aromatic rings. The molecule has 0 bridgehead atoms. The molecular weight excluding hydrogens is 376 g/mol. The van der Waals surface area contributed by atoms with Crippen molar-refractivity contribution in [3.05, 3.63) is 0 Å². The van der Waals surface area contributed by atoms with Crippen LogP contribution in [0.5, 0.6) is 0 Å². The van der Waals surface area contributed by atoms with Crippen LogP contribution in [-0.2, 0) is 23.9 Å². The Morgan fingerprint density at radius 2 is 1.88 bits per heavy atom. The Balaban J connectivity index is 2.94. The largest absolute Gasteiger partial charge is 0.481 e. The minimum absolute atomic E-state index is 0.0426. The second-order valence-corrected chi connectivity index (χ2v) is 5.95. The van der Waals surface area contributed by atoms with E-state index >= 15 is 0 Å². The van der Waals surface area contributed by atoms with Gasteiger partial charge in [0.05, 0.1) is 19.1 Å². The number of nitrogens with two attached hydrogens (primary N) is 1. The quantitative estimate of drug-likeness (QED) is 0.144. The molecule has 8 N–H and O–H groups in total. The van der Waals surface area contributed by atoms with Crippen LogP contribution in [-0.4, -0.2) is 98.5 Å². The second kappa shape index (κ2) is 10.0. The van der Waals surface area contributed by atoms with Crippen LogP contribution in [0, 0.1) is 0 Å². The Labute approximate surface area is 153 Å². The van der Waals surface area contributed by atoms with E-state index in [2.05, 4.69) is 17.9 Å². The molecule has 0 spiro atoms. The van der Waals surface area contributed by atoms with Crippen LogP contribution in [0.4, 0.5) is 0 Å². The van der Waals surface area contributed by atoms with Crippen molar-refractivity contribution in [2.45, 2.75) is 49.2 Å². The molecular formula is C13H22N2O10S. The van der Waals surface area contributed by atoms with Crippen LogP contribution >= 0.6 is 12.6 Å². The molecule has 1 aliphatic heterocycles. The third-order valence-corrected chi connectivity index (χ3v) is 3.99. The van der Waals surface area contributed by atoms with Gasteiger partial charge >= 0.3 is 11.9 Å². The van der Waals surface area contributed by atoms with Crippen molar-refractivity contribution in [3.63, 3.8) is 0 Å². The Kier molecular flexibility index (Phi) is 8.69. The third-order valence-electron chi connectivity index (χ3n) is 3.60. The highest BCUT2D eigenvalue weighted by Crippen LogP contribution is 2.23. The van der Waals surface area contributed by atoms with Gasteiger partial charge in [0, 0.05) is 5.75 Å². The maximum Gasteiger partial charge on any atom is 0.337 e. The summed E-state index contributed by atoms with van der Waals surface area (Å²) in [5.41, 5.74) is 5.49. The van der Waals surface area contributed by atoms with E-state index in [0.717, 1.165) is 0 Å². The first kappa shape index (κ1) is 22.6. The van der Waals surface area contributed by atoms with Crippen molar-refractivity contribution in [2.24, 2.45) is 5.73 Å². The highest BCUT2D eigenvalue weighted by molar-refractivity contribution is 7.80. The van der Waals surface area contributed by atoms with Gasteiger partial charge in [0.2, 0.25) is 12.2 Å². The first-order chi connectivity index (χ1) is 12.1. The van der Waals surface area contributed by atoms with Gasteiger partial charge < -0.3 is 46.1 Å². The van der Waals surface area contributed by atoms with E-state index in [4.69, 9.17) is 20.3 Å². The summed E-state index contributed by atoms with van der Waals surface area (Å²) >= 11 is 3.84. The molecule has 1 rings (SSSR count). The Bertz CT molecular complexity index is 521. The van der Waals surface area contributed by atoms with E-state index in [1.165, 1.54) is 0 Å². The van der Waals surface area contributed by atoms with Crippen molar-refractivity contribution in [1.29, 1.82) is 0 Å². The molecule has 26 heavy (non-hydrogen) atoms. The maximum atomic E-state index is 11.9. The van der Waals surface area contributed by atoms with Gasteiger partial charge in [-0.3, -0.25) is 9.59 Å². The zero-order valence-electron chi connectivity index (χ0n) is 13.5. The van der Waals surface area contributed by atoms with E-state index in [0.29, 0.717) is 0 Å². The van der Waals surface area contributed by atoms with Crippen molar-refractivity contribution in [1.82, 2.24) is 5.32 Å². The highest BCUT2D eigenvalue weighted by Gasteiger charge is 2.47. The minimum atomic E-state index is -2.02. The van der Waals surface area contributed by atoms with Gasteiger partial charge in [0.15, 0.2) is 6.10 Å². The molecule has 0 aromatic heterocycles. The monoisotopic (exact) mass is 398 g/mol. The molecule has 1 aliphatic rings. The van der Waals surface area contributed by atoms with E-state index in [-0.39, 0.29) is 5.75 Å². The summed E-state index contributed by atoms with van der Waals surface area (Å²) < 4.78 is 9.94. The number of ether oxygens (including phenoxy) is 2. The molecule has 0 saturated carbocycles. The van der Waals surface area contributed by atoms with Gasteiger partial charge in [0.1, 0.15) is 24.4 Å². The summed E-state index contributed by atoms with van der Waals surface area (Å²) in [6.45, 7) is -0.749. The van der Waals surface area contributed by atoms with Crippen molar-refractivity contribution >= 4 is 30.5 Å². The van der Waals surface area contributed by atoms with Crippen molar-refractivity contribution in [3.8, 4) is 0 Å². The first-order valence-electron chi connectivity index (χ1n) is 7.52. The van der Waals surface area contributed by atoms with Gasteiger partial charge in [0.25, 0.3) is 0 Å². The van der Waals surface area contributed by atoms with Crippen molar-refractivity contribution < 1.29 is 49.4 Å². The fraction of sp³-hybridized carbons (Fsp3) is 0.769. The number of carboxylic acids is 1. The second-order valence-electron chi connectivity index (χ2n) is 5.58. The predicted molar refractivity (Wildman–Crippen MR) is 85.9 cm³/mol. The zero-order chi connectivity index (χ0) is 20.0. The van der Waals surface area contributed by atoms with E-state index in [1.54, 1.807) is 0 Å². The van der Waals surface area contributed by atoms with E-state index < -0.39 is 73.7 Å². The molecule has 12 nitrogen and oxygen atoms in total. The SMILES string of the molecule is N[C@@H](CS)C(=O)N[C@H]1C(OC(=O)C(O)CC(=O)O)O[C@H](CO)[C@@H](O)[C@@H]1O. The zero-order valence-corrected chi connectivity index (χ0v) is 14.4. The van der Waals surface area contributed by atoms with Crippen LogP contribution in [0.25, 0.3) is 0 Å². The number of aliphatic hydroxyl groups is 4. The van der Waals surface area contributed by atoms with Gasteiger partial charge in [-0.1, -0.05) is 0 Å². The van der Waals surface area contributed by atoms with Crippen LogP contribution < -0.4 is 11.1 Å². The first-order valence-corrected chi connectivity index (χ1v) is 8.15. The van der Waals surface area contributed by atoms with Gasteiger partial charge in [-0.15, -0.1) is 0 Å². The summed E-state index contributed by atoms with van der Waals surface area (Å²) in [7, 11) is 0. The Hall–Kier alpha value is -1.48. The number of hydrogen-bond acceptors (Lipinski definition) is 11. The van der Waals surface area contributed by atoms with Crippen molar-refractivity contribution in [2.75, 3.05) is 12.4 Å². The molecule has 1 amide bonds. The topological polar surface area (TPSA) is 209 Å². The van der Waals surface area contributed by atoms with Crippen LogP contribution in [0.1, 0.15) is 6.42 Å². The van der Waals surface area contributed by atoms with Crippen LogP contribution in [0.15, 0.2) is 0 Å². The lowest BCUT2D eigenvalue weighted by molar-refractivity contribution is -0.266. The smallest absolute Gasteiger partial charge is 0.337 e. The molecule has 1 saturated heterocycles. The fourth-order valence-electron chi connectivity index (χ4n) is 2.13. The number of carbonyl (C=O) groups is 3. The van der Waals surface area contributed by atoms with Crippen LogP contribution in [0.3, 0.4) is 0 Å². The number of aliphatic hydroxyl groups excluding tert-OH is 4. The maximum absolute atomic E-state index is 11.9. The van der Waals surface area contributed by atoms with E-state index in [1.807, 2.05) is 0 Å². The number of carbonyl (C=O) groups excluding carboxylic acids is 2.